The average molecular weight is 461 g/mol. The summed E-state index contributed by atoms with van der Waals surface area (Å²) in [6.07, 6.45) is 14.7. The molecule has 1 aromatic rings. The first-order valence-corrected chi connectivity index (χ1v) is 12.4. The van der Waals surface area contributed by atoms with Crippen molar-refractivity contribution >= 4 is 5.97 Å². The lowest BCUT2D eigenvalue weighted by Gasteiger charge is -2.12. The molecule has 0 aliphatic rings. The highest BCUT2D eigenvalue weighted by molar-refractivity contribution is 5.91. The van der Waals surface area contributed by atoms with Crippen LogP contribution in [0.2, 0.25) is 0 Å². The van der Waals surface area contributed by atoms with Crippen molar-refractivity contribution in [2.75, 3.05) is 6.61 Å². The van der Waals surface area contributed by atoms with Crippen molar-refractivity contribution in [1.29, 1.82) is 0 Å². The van der Waals surface area contributed by atoms with Gasteiger partial charge in [-0.3, -0.25) is 0 Å². The molecule has 0 heterocycles. The van der Waals surface area contributed by atoms with Crippen molar-refractivity contribution < 1.29 is 27.1 Å². The van der Waals surface area contributed by atoms with Gasteiger partial charge in [-0.1, -0.05) is 103 Å². The third kappa shape index (κ3) is 13.1. The Kier molecular flexibility index (Phi) is 15.1. The van der Waals surface area contributed by atoms with Crippen LogP contribution in [0.1, 0.15) is 126 Å². The Morgan fingerprint density at radius 3 is 1.62 bits per heavy atom. The average Bonchev–Trinajstić information content (AvgIpc) is 2.74. The van der Waals surface area contributed by atoms with Crippen LogP contribution in [0.4, 0.5) is 17.6 Å². The molecule has 0 radical (unpaired) electrons. The Morgan fingerprint density at radius 1 is 0.750 bits per heavy atom. The van der Waals surface area contributed by atoms with Crippen LogP contribution in [-0.4, -0.2) is 12.6 Å². The van der Waals surface area contributed by atoms with E-state index in [-0.39, 0.29) is 6.61 Å². The maximum atomic E-state index is 13.3. The van der Waals surface area contributed by atoms with E-state index in [0.717, 1.165) is 19.3 Å². The van der Waals surface area contributed by atoms with Crippen LogP contribution in [0, 0.1) is 5.82 Å². The number of unbranched alkanes of at least 4 members (excludes halogenated alkanes) is 15. The fourth-order valence-corrected chi connectivity index (χ4v) is 3.83. The van der Waals surface area contributed by atoms with Crippen LogP contribution in [0.5, 0.6) is 0 Å². The summed E-state index contributed by atoms with van der Waals surface area (Å²) < 4.78 is 57.1. The number of carbonyl (C=O) groups is 1. The van der Waals surface area contributed by atoms with Gasteiger partial charge in [-0.2, -0.15) is 13.2 Å². The second-order valence-electron chi connectivity index (χ2n) is 8.63. The Morgan fingerprint density at radius 2 is 1.19 bits per heavy atom. The van der Waals surface area contributed by atoms with Crippen molar-refractivity contribution in [3.05, 3.63) is 35.1 Å². The molecule has 0 amide bonds. The zero-order chi connectivity index (χ0) is 23.7. The predicted molar refractivity (Wildman–Crippen MR) is 121 cm³/mol. The van der Waals surface area contributed by atoms with Crippen molar-refractivity contribution in [3.8, 4) is 0 Å². The summed E-state index contributed by atoms with van der Waals surface area (Å²) in [6, 6.07) is 1.84. The van der Waals surface area contributed by atoms with Crippen molar-refractivity contribution in [2.45, 2.75) is 116 Å². The molecule has 0 N–H and O–H groups in total. The quantitative estimate of drug-likeness (QED) is 0.124. The molecule has 1 aromatic carbocycles. The van der Waals surface area contributed by atoms with Gasteiger partial charge >= 0.3 is 12.1 Å². The smallest absolute Gasteiger partial charge is 0.417 e. The molecular weight excluding hydrogens is 420 g/mol. The summed E-state index contributed by atoms with van der Waals surface area (Å²) in [6.45, 7) is 2.29. The Bertz CT molecular complexity index is 629. The van der Waals surface area contributed by atoms with Crippen LogP contribution in [0.3, 0.4) is 0 Å². The van der Waals surface area contributed by atoms with E-state index in [2.05, 4.69) is 6.92 Å². The summed E-state index contributed by atoms with van der Waals surface area (Å²) in [5.41, 5.74) is -1.94. The number of esters is 1. The van der Waals surface area contributed by atoms with E-state index in [1.165, 1.54) is 77.0 Å². The largest absolute Gasteiger partial charge is 0.462 e. The molecule has 184 valence electrons. The van der Waals surface area contributed by atoms with Gasteiger partial charge in [-0.15, -0.1) is 0 Å². The number of ether oxygens (including phenoxy) is 1. The maximum Gasteiger partial charge on any atom is 0.417 e. The Labute approximate surface area is 191 Å². The van der Waals surface area contributed by atoms with E-state index < -0.39 is 29.1 Å². The van der Waals surface area contributed by atoms with Gasteiger partial charge in [0.15, 0.2) is 0 Å². The van der Waals surface area contributed by atoms with Crippen LogP contribution < -0.4 is 0 Å². The summed E-state index contributed by atoms with van der Waals surface area (Å²) in [5, 5.41) is 0. The minimum atomic E-state index is -4.73. The summed E-state index contributed by atoms with van der Waals surface area (Å²) in [5.74, 6) is -2.02. The Balaban J connectivity index is 2.00. The van der Waals surface area contributed by atoms with Gasteiger partial charge in [0.1, 0.15) is 5.82 Å². The van der Waals surface area contributed by atoms with Crippen LogP contribution in [-0.2, 0) is 10.9 Å². The first-order chi connectivity index (χ1) is 15.4. The second-order valence-corrected chi connectivity index (χ2v) is 8.63. The number of rotatable bonds is 18. The van der Waals surface area contributed by atoms with E-state index in [9.17, 15) is 22.4 Å². The summed E-state index contributed by atoms with van der Waals surface area (Å²) in [7, 11) is 0. The van der Waals surface area contributed by atoms with Crippen LogP contribution in [0.15, 0.2) is 18.2 Å². The number of carbonyl (C=O) groups excluding carboxylic acids is 1. The number of alkyl halides is 3. The van der Waals surface area contributed by atoms with E-state index >= 15 is 0 Å². The zero-order valence-electron chi connectivity index (χ0n) is 19.6. The molecule has 32 heavy (non-hydrogen) atoms. The number of benzene rings is 1. The molecule has 0 bridgehead atoms. The topological polar surface area (TPSA) is 26.3 Å². The molecule has 0 aliphatic heterocycles. The summed E-state index contributed by atoms with van der Waals surface area (Å²) in [4.78, 5) is 11.9. The van der Waals surface area contributed by atoms with Crippen molar-refractivity contribution in [2.24, 2.45) is 0 Å². The van der Waals surface area contributed by atoms with Gasteiger partial charge in [-0.05, 0) is 24.6 Å². The zero-order valence-corrected chi connectivity index (χ0v) is 19.6. The Hall–Kier alpha value is -1.59. The molecule has 6 heteroatoms. The van der Waals surface area contributed by atoms with Gasteiger partial charge < -0.3 is 4.74 Å². The SMILES string of the molecule is CCCCCCCCCCCCCCCCCCOC(=O)c1cc(F)ccc1C(F)(F)F. The molecule has 0 saturated carbocycles. The van der Waals surface area contributed by atoms with E-state index in [4.69, 9.17) is 4.74 Å². The molecule has 0 saturated heterocycles. The second kappa shape index (κ2) is 17.0. The molecule has 0 unspecified atom stereocenters. The molecular formula is C26H40F4O2. The highest BCUT2D eigenvalue weighted by Gasteiger charge is 2.35. The van der Waals surface area contributed by atoms with E-state index in [1.54, 1.807) is 0 Å². The monoisotopic (exact) mass is 460 g/mol. The van der Waals surface area contributed by atoms with Crippen LogP contribution in [0.25, 0.3) is 0 Å². The number of halogens is 4. The minimum Gasteiger partial charge on any atom is -0.462 e. The minimum absolute atomic E-state index is 0.0467. The maximum absolute atomic E-state index is 13.3. The van der Waals surface area contributed by atoms with E-state index in [1.807, 2.05) is 0 Å². The molecule has 2 nitrogen and oxygen atoms in total. The lowest BCUT2D eigenvalue weighted by Crippen LogP contribution is -2.16. The highest BCUT2D eigenvalue weighted by Crippen LogP contribution is 2.32. The van der Waals surface area contributed by atoms with Crippen LogP contribution >= 0.6 is 0 Å². The van der Waals surface area contributed by atoms with E-state index in [0.29, 0.717) is 24.6 Å². The molecule has 0 aliphatic carbocycles. The van der Waals surface area contributed by atoms with Gasteiger partial charge in [0.05, 0.1) is 17.7 Å². The normalized spacial score (nSPS) is 11.7. The fraction of sp³-hybridized carbons (Fsp3) is 0.731. The number of hydrogen-bond donors (Lipinski definition) is 0. The van der Waals surface area contributed by atoms with Gasteiger partial charge in [0.25, 0.3) is 0 Å². The molecule has 0 atom stereocenters. The lowest BCUT2D eigenvalue weighted by molar-refractivity contribution is -0.138. The van der Waals surface area contributed by atoms with Gasteiger partial charge in [0.2, 0.25) is 0 Å². The molecule has 0 spiro atoms. The highest BCUT2D eigenvalue weighted by atomic mass is 19.4. The predicted octanol–water partition coefficient (Wildman–Crippen LogP) is 9.26. The lowest BCUT2D eigenvalue weighted by atomic mass is 10.0. The standard InChI is InChI=1S/C26H40F4O2/c1-2-3-4-5-6-7-8-9-10-11-12-13-14-15-16-17-20-32-25(31)23-21-22(27)18-19-24(23)26(28,29)30/h18-19,21H,2-17,20H2,1H3. The third-order valence-electron chi connectivity index (χ3n) is 5.74. The number of hydrogen-bond acceptors (Lipinski definition) is 2. The van der Waals surface area contributed by atoms with Crippen molar-refractivity contribution in [1.82, 2.24) is 0 Å². The van der Waals surface area contributed by atoms with Gasteiger partial charge in [-0.25, -0.2) is 9.18 Å². The first-order valence-electron chi connectivity index (χ1n) is 12.4. The fourth-order valence-electron chi connectivity index (χ4n) is 3.83. The molecule has 1 rings (SSSR count). The first kappa shape index (κ1) is 28.4. The van der Waals surface area contributed by atoms with Crippen molar-refractivity contribution in [3.63, 3.8) is 0 Å². The summed E-state index contributed by atoms with van der Waals surface area (Å²) >= 11 is 0. The third-order valence-corrected chi connectivity index (χ3v) is 5.74. The molecule has 0 fully saturated rings. The molecule has 0 aromatic heterocycles. The van der Waals surface area contributed by atoms with Gasteiger partial charge in [0, 0.05) is 0 Å².